The van der Waals surface area contributed by atoms with Crippen LogP contribution in [0.2, 0.25) is 0 Å². The summed E-state index contributed by atoms with van der Waals surface area (Å²) in [5.41, 5.74) is 2.16. The molecule has 0 aliphatic carbocycles. The zero-order valence-electron chi connectivity index (χ0n) is 18.9. The van der Waals surface area contributed by atoms with Gasteiger partial charge in [-0.25, -0.2) is 0 Å². The van der Waals surface area contributed by atoms with Gasteiger partial charge in [0.2, 0.25) is 5.91 Å². The first-order valence-electron chi connectivity index (χ1n) is 11.9. The van der Waals surface area contributed by atoms with E-state index in [4.69, 9.17) is 19.6 Å². The summed E-state index contributed by atoms with van der Waals surface area (Å²) in [5.74, 6) is 1.46. The van der Waals surface area contributed by atoms with E-state index >= 15 is 0 Å². The summed E-state index contributed by atoms with van der Waals surface area (Å²) in [4.78, 5) is 20.6. The summed E-state index contributed by atoms with van der Waals surface area (Å²) >= 11 is 0. The van der Waals surface area contributed by atoms with E-state index in [9.17, 15) is 4.79 Å². The van der Waals surface area contributed by atoms with Gasteiger partial charge in [-0.15, -0.1) is 0 Å². The van der Waals surface area contributed by atoms with Crippen molar-refractivity contribution in [3.63, 3.8) is 0 Å². The third-order valence-corrected chi connectivity index (χ3v) is 7.66. The quantitative estimate of drug-likeness (QED) is 0.735. The van der Waals surface area contributed by atoms with Gasteiger partial charge in [0.25, 0.3) is 0 Å². The van der Waals surface area contributed by atoms with Gasteiger partial charge in [-0.1, -0.05) is 13.0 Å². The molecule has 5 aliphatic rings. The second-order valence-electron chi connectivity index (χ2n) is 9.46. The minimum Gasteiger partial charge on any atom is -0.380 e. The third kappa shape index (κ3) is 3.72. The van der Waals surface area contributed by atoms with Crippen molar-refractivity contribution in [1.29, 1.82) is 0 Å². The van der Waals surface area contributed by atoms with Crippen molar-refractivity contribution >= 4 is 17.5 Å². The minimum absolute atomic E-state index is 0.0384. The number of hydrogen-bond acceptors (Lipinski definition) is 7. The maximum Gasteiger partial charge on any atom is 0.238 e. The number of aliphatic imine (C=N–C) groups is 1. The number of hydrogen-bond donors (Lipinski definition) is 1. The van der Waals surface area contributed by atoms with E-state index in [-0.39, 0.29) is 29.9 Å². The second-order valence-corrected chi connectivity index (χ2v) is 9.46. The largest absolute Gasteiger partial charge is 0.380 e. The van der Waals surface area contributed by atoms with Crippen molar-refractivity contribution in [3.05, 3.63) is 11.8 Å². The highest BCUT2D eigenvalue weighted by molar-refractivity contribution is 6.20. The molecule has 0 aromatic carbocycles. The van der Waals surface area contributed by atoms with Gasteiger partial charge >= 0.3 is 0 Å². The van der Waals surface area contributed by atoms with Crippen LogP contribution in [-0.2, 0) is 14.3 Å². The molecule has 3 fully saturated rings. The van der Waals surface area contributed by atoms with Crippen LogP contribution in [0.1, 0.15) is 39.5 Å². The molecule has 0 aromatic heterocycles. The Labute approximate surface area is 184 Å². The first kappa shape index (κ1) is 21.1. The molecule has 0 spiro atoms. The Kier molecular flexibility index (Phi) is 5.88. The maximum absolute atomic E-state index is 13.6. The van der Waals surface area contributed by atoms with Gasteiger partial charge in [0, 0.05) is 51.4 Å². The molecule has 5 aliphatic heterocycles. The van der Waals surface area contributed by atoms with Crippen molar-refractivity contribution in [3.8, 4) is 0 Å². The molecule has 5 heterocycles. The van der Waals surface area contributed by atoms with E-state index < -0.39 is 0 Å². The number of carbonyl (C=O) groups excluding carboxylic acids is 1. The van der Waals surface area contributed by atoms with Crippen LogP contribution in [0.4, 0.5) is 0 Å². The fraction of sp³-hybridized carbons (Fsp3) is 0.783. The highest BCUT2D eigenvalue weighted by atomic mass is 16.5. The Morgan fingerprint density at radius 3 is 2.97 bits per heavy atom. The lowest BCUT2D eigenvalue weighted by Crippen LogP contribution is -2.42. The van der Waals surface area contributed by atoms with E-state index in [1.54, 1.807) is 7.11 Å². The molecule has 0 bridgehead atoms. The van der Waals surface area contributed by atoms with Crippen LogP contribution in [-0.4, -0.2) is 85.5 Å². The van der Waals surface area contributed by atoms with Gasteiger partial charge < -0.3 is 14.8 Å². The summed E-state index contributed by atoms with van der Waals surface area (Å²) < 4.78 is 11.1. The lowest BCUT2D eigenvalue weighted by Gasteiger charge is -2.32. The number of carbonyl (C=O) groups is 1. The number of methoxy groups -OCH3 is 1. The minimum atomic E-state index is -0.148. The molecule has 5 rings (SSSR count). The van der Waals surface area contributed by atoms with Crippen LogP contribution in [0.25, 0.3) is 0 Å². The number of nitrogens with zero attached hydrogens (tertiary/aromatic N) is 4. The first-order chi connectivity index (χ1) is 15.1. The lowest BCUT2D eigenvalue weighted by atomic mass is 9.81. The number of hydrazone groups is 1. The number of rotatable bonds is 4. The topological polar surface area (TPSA) is 78.8 Å². The fourth-order valence-corrected chi connectivity index (χ4v) is 5.82. The number of ether oxygens (including phenoxy) is 2. The molecular formula is C23H35N5O3. The van der Waals surface area contributed by atoms with Gasteiger partial charge in [-0.2, -0.15) is 5.10 Å². The second kappa shape index (κ2) is 8.64. The molecule has 0 radical (unpaired) electrons. The first-order valence-corrected chi connectivity index (χ1v) is 11.9. The van der Waals surface area contributed by atoms with E-state index in [1.165, 1.54) is 0 Å². The van der Waals surface area contributed by atoms with Crippen LogP contribution < -0.4 is 5.32 Å². The summed E-state index contributed by atoms with van der Waals surface area (Å²) in [6.45, 7) is 8.50. The molecule has 8 heteroatoms. The Morgan fingerprint density at radius 2 is 2.23 bits per heavy atom. The van der Waals surface area contributed by atoms with E-state index in [0.29, 0.717) is 12.0 Å². The molecule has 31 heavy (non-hydrogen) atoms. The predicted octanol–water partition coefficient (Wildman–Crippen LogP) is 1.63. The average Bonchev–Trinajstić information content (AvgIpc) is 3.54. The number of piperidine rings is 1. The van der Waals surface area contributed by atoms with Crippen LogP contribution in [0, 0.1) is 17.8 Å². The molecule has 170 valence electrons. The van der Waals surface area contributed by atoms with Crippen LogP contribution in [0.15, 0.2) is 21.9 Å². The Morgan fingerprint density at radius 1 is 1.35 bits per heavy atom. The number of nitrogens with one attached hydrogen (secondary N) is 1. The monoisotopic (exact) mass is 429 g/mol. The molecule has 1 amide bonds. The fourth-order valence-electron chi connectivity index (χ4n) is 5.82. The highest BCUT2D eigenvalue weighted by Crippen LogP contribution is 2.39. The summed E-state index contributed by atoms with van der Waals surface area (Å²) in [6.07, 6.45) is 6.22. The van der Waals surface area contributed by atoms with E-state index in [1.807, 2.05) is 4.90 Å². The molecule has 8 nitrogen and oxygen atoms in total. The third-order valence-electron chi connectivity index (χ3n) is 7.66. The van der Waals surface area contributed by atoms with Crippen molar-refractivity contribution in [2.45, 2.75) is 57.7 Å². The van der Waals surface area contributed by atoms with Crippen LogP contribution >= 0.6 is 0 Å². The Hall–Kier alpha value is -1.77. The zero-order chi connectivity index (χ0) is 21.5. The number of amidine groups is 1. The van der Waals surface area contributed by atoms with Gasteiger partial charge in [0.05, 0.1) is 36.4 Å². The molecule has 6 atom stereocenters. The molecule has 5 unspecified atom stereocenters. The Balaban J connectivity index is 1.39. The predicted molar refractivity (Wildman–Crippen MR) is 119 cm³/mol. The SMILES string of the molecule is CCC1C=C(C2CNCC(OC)C2)N=C2C1C(=O)N(C1=NN([C@@H]3CCOC3)CC1)C2C. The number of amides is 1. The van der Waals surface area contributed by atoms with Gasteiger partial charge in [-0.3, -0.25) is 19.7 Å². The maximum atomic E-state index is 13.6. The van der Waals surface area contributed by atoms with Gasteiger partial charge in [0.1, 0.15) is 5.84 Å². The molecule has 0 aromatic rings. The smallest absolute Gasteiger partial charge is 0.238 e. The zero-order valence-corrected chi connectivity index (χ0v) is 18.9. The summed E-state index contributed by atoms with van der Waals surface area (Å²) in [6, 6.07) is 0.304. The van der Waals surface area contributed by atoms with Gasteiger partial charge in [-0.05, 0) is 32.1 Å². The number of likely N-dealkylation sites (tertiary alicyclic amines) is 1. The molecular weight excluding hydrogens is 394 g/mol. The standard InChI is InChI=1S/C23H35N5O3/c1-4-15-10-19(16-9-18(30-3)12-24-11-16)25-22-14(2)28(23(29)21(15)22)20-5-7-27(26-20)17-6-8-31-13-17/h10,14-18,21,24H,4-9,11-13H2,1-3H3/t14?,15?,16?,17-,18?,21?/m1/s1. The lowest BCUT2D eigenvalue weighted by molar-refractivity contribution is -0.128. The van der Waals surface area contributed by atoms with Gasteiger partial charge in [0.15, 0.2) is 0 Å². The highest BCUT2D eigenvalue weighted by Gasteiger charge is 2.50. The number of fused-ring (bicyclic) bond motifs is 1. The number of allylic oxidation sites excluding steroid dienone is 1. The molecule has 1 N–H and O–H groups in total. The van der Waals surface area contributed by atoms with E-state index in [0.717, 1.165) is 75.8 Å². The van der Waals surface area contributed by atoms with Crippen LogP contribution in [0.3, 0.4) is 0 Å². The molecule has 0 saturated carbocycles. The molecule has 3 saturated heterocycles. The average molecular weight is 430 g/mol. The van der Waals surface area contributed by atoms with Crippen molar-refractivity contribution in [2.24, 2.45) is 27.8 Å². The normalized spacial score (nSPS) is 38.3. The van der Waals surface area contributed by atoms with Crippen molar-refractivity contribution in [1.82, 2.24) is 15.2 Å². The summed E-state index contributed by atoms with van der Waals surface area (Å²) in [5, 5.41) is 10.5. The summed E-state index contributed by atoms with van der Waals surface area (Å²) in [7, 11) is 1.78. The van der Waals surface area contributed by atoms with Crippen molar-refractivity contribution < 1.29 is 14.3 Å². The Bertz CT molecular complexity index is 803. The van der Waals surface area contributed by atoms with Crippen molar-refractivity contribution in [2.75, 3.05) is 40.0 Å². The van der Waals surface area contributed by atoms with E-state index in [2.05, 4.69) is 30.2 Å². The van der Waals surface area contributed by atoms with Crippen LogP contribution in [0.5, 0.6) is 0 Å².